The lowest BCUT2D eigenvalue weighted by molar-refractivity contribution is 0.0323. The van der Waals surface area contributed by atoms with E-state index in [1.807, 2.05) is 0 Å². The quantitative estimate of drug-likeness (QED) is 0.240. The van der Waals surface area contributed by atoms with Crippen LogP contribution in [-0.4, -0.2) is 54.1 Å². The highest BCUT2D eigenvalue weighted by Crippen LogP contribution is 2.30. The zero-order valence-electron chi connectivity index (χ0n) is 24.3. The standard InChI is InChI=1S/C34H43N3O2/c1-25-13-15-29(23-26(25)2)37-28(24-33(35-37)34(3,4)5)10-8-9-27-14-16-32(31-12-7-6-11-30(27)31)39-22-19-36-17-20-38-21-18-36/h6-7,11-16,23-24H,8-10,17-22H2,1-5H3. The van der Waals surface area contributed by atoms with Gasteiger partial charge in [-0.2, -0.15) is 5.10 Å². The van der Waals surface area contributed by atoms with E-state index in [1.54, 1.807) is 0 Å². The fourth-order valence-electron chi connectivity index (χ4n) is 5.29. The van der Waals surface area contributed by atoms with Crippen molar-refractivity contribution in [3.63, 3.8) is 0 Å². The summed E-state index contributed by atoms with van der Waals surface area (Å²) in [5, 5.41) is 7.55. The molecule has 1 aliphatic rings. The second-order valence-electron chi connectivity index (χ2n) is 11.9. The molecule has 206 valence electrons. The summed E-state index contributed by atoms with van der Waals surface area (Å²) in [6.45, 7) is 16.3. The summed E-state index contributed by atoms with van der Waals surface area (Å²) < 4.78 is 13.9. The lowest BCUT2D eigenvalue weighted by Crippen LogP contribution is -2.38. The molecule has 5 rings (SSSR count). The SMILES string of the molecule is Cc1ccc(-n2nc(C(C)(C)C)cc2CCCc2ccc(OCCN3CCOCC3)c3ccccc23)cc1C. The smallest absolute Gasteiger partial charge is 0.127 e. The minimum absolute atomic E-state index is 0.00749. The van der Waals surface area contributed by atoms with Gasteiger partial charge in [-0.1, -0.05) is 57.2 Å². The zero-order valence-corrected chi connectivity index (χ0v) is 24.3. The number of hydrogen-bond donors (Lipinski definition) is 0. The summed E-state index contributed by atoms with van der Waals surface area (Å²) in [4.78, 5) is 2.41. The fraction of sp³-hybridized carbons (Fsp3) is 0.441. The number of hydrogen-bond acceptors (Lipinski definition) is 4. The topological polar surface area (TPSA) is 39.5 Å². The molecule has 39 heavy (non-hydrogen) atoms. The summed E-state index contributed by atoms with van der Waals surface area (Å²) in [6.07, 6.45) is 3.04. The number of ether oxygens (including phenoxy) is 2. The molecule has 0 saturated carbocycles. The molecule has 2 heterocycles. The highest BCUT2D eigenvalue weighted by Gasteiger charge is 2.21. The van der Waals surface area contributed by atoms with Crippen LogP contribution in [0.25, 0.3) is 16.5 Å². The molecule has 0 unspecified atom stereocenters. The number of fused-ring (bicyclic) bond motifs is 1. The number of rotatable bonds is 9. The summed E-state index contributed by atoms with van der Waals surface area (Å²) >= 11 is 0. The molecular formula is C34H43N3O2. The first-order valence-electron chi connectivity index (χ1n) is 14.4. The lowest BCUT2D eigenvalue weighted by atomic mass is 9.92. The van der Waals surface area contributed by atoms with Crippen molar-refractivity contribution < 1.29 is 9.47 Å². The van der Waals surface area contributed by atoms with Gasteiger partial charge in [0.2, 0.25) is 0 Å². The zero-order chi connectivity index (χ0) is 27.4. The Balaban J connectivity index is 1.30. The Labute approximate surface area is 233 Å². The first kappa shape index (κ1) is 27.4. The van der Waals surface area contributed by atoms with Crippen LogP contribution in [0.5, 0.6) is 5.75 Å². The van der Waals surface area contributed by atoms with E-state index in [-0.39, 0.29) is 5.41 Å². The molecule has 0 atom stereocenters. The van der Waals surface area contributed by atoms with Crippen molar-refractivity contribution in [1.82, 2.24) is 14.7 Å². The number of benzene rings is 3. The van der Waals surface area contributed by atoms with Gasteiger partial charge in [-0.25, -0.2) is 4.68 Å². The van der Waals surface area contributed by atoms with Crippen LogP contribution in [0.3, 0.4) is 0 Å². The van der Waals surface area contributed by atoms with Crippen molar-refractivity contribution in [3.8, 4) is 11.4 Å². The molecule has 5 nitrogen and oxygen atoms in total. The molecule has 4 aromatic rings. The summed E-state index contributed by atoms with van der Waals surface area (Å²) in [7, 11) is 0. The monoisotopic (exact) mass is 525 g/mol. The van der Waals surface area contributed by atoms with Gasteiger partial charge in [-0.3, -0.25) is 4.90 Å². The van der Waals surface area contributed by atoms with Crippen molar-refractivity contribution in [2.75, 3.05) is 39.5 Å². The Kier molecular flexibility index (Phi) is 8.39. The predicted molar refractivity (Wildman–Crippen MR) is 160 cm³/mol. The average molecular weight is 526 g/mol. The summed E-state index contributed by atoms with van der Waals surface area (Å²) in [6, 6.07) is 22.0. The molecule has 1 aromatic heterocycles. The van der Waals surface area contributed by atoms with E-state index in [2.05, 4.69) is 105 Å². The van der Waals surface area contributed by atoms with Gasteiger partial charge in [0.25, 0.3) is 0 Å². The maximum atomic E-state index is 6.27. The first-order valence-corrected chi connectivity index (χ1v) is 14.4. The second kappa shape index (κ2) is 11.9. The molecule has 1 fully saturated rings. The third kappa shape index (κ3) is 6.54. The van der Waals surface area contributed by atoms with E-state index in [9.17, 15) is 0 Å². The van der Waals surface area contributed by atoms with Gasteiger partial charge in [-0.05, 0) is 79.5 Å². The Morgan fingerprint density at radius 3 is 2.38 bits per heavy atom. The van der Waals surface area contributed by atoms with Gasteiger partial charge in [0.1, 0.15) is 12.4 Å². The van der Waals surface area contributed by atoms with E-state index in [4.69, 9.17) is 14.6 Å². The highest BCUT2D eigenvalue weighted by atomic mass is 16.5. The van der Waals surface area contributed by atoms with Gasteiger partial charge in [0, 0.05) is 36.1 Å². The van der Waals surface area contributed by atoms with Crippen molar-refractivity contribution in [2.45, 2.75) is 59.3 Å². The third-order valence-electron chi connectivity index (χ3n) is 7.91. The van der Waals surface area contributed by atoms with Crippen LogP contribution in [0, 0.1) is 13.8 Å². The molecule has 1 aliphatic heterocycles. The normalized spacial score (nSPS) is 14.7. The molecule has 0 spiro atoms. The van der Waals surface area contributed by atoms with Crippen LogP contribution in [-0.2, 0) is 23.0 Å². The van der Waals surface area contributed by atoms with Gasteiger partial charge >= 0.3 is 0 Å². The fourth-order valence-corrected chi connectivity index (χ4v) is 5.29. The molecular weight excluding hydrogens is 482 g/mol. The van der Waals surface area contributed by atoms with Crippen molar-refractivity contribution in [1.29, 1.82) is 0 Å². The Bertz CT molecular complexity index is 1410. The van der Waals surface area contributed by atoms with E-state index in [0.29, 0.717) is 6.61 Å². The molecule has 3 aromatic carbocycles. The minimum atomic E-state index is 0.00749. The van der Waals surface area contributed by atoms with Crippen LogP contribution >= 0.6 is 0 Å². The van der Waals surface area contributed by atoms with Crippen LogP contribution in [0.1, 0.15) is 55.3 Å². The summed E-state index contributed by atoms with van der Waals surface area (Å²) in [5.41, 5.74) is 7.55. The molecule has 0 radical (unpaired) electrons. The highest BCUT2D eigenvalue weighted by molar-refractivity contribution is 5.91. The number of aryl methyl sites for hydroxylation is 4. The third-order valence-corrected chi connectivity index (χ3v) is 7.91. The molecule has 5 heteroatoms. The maximum Gasteiger partial charge on any atom is 0.127 e. The van der Waals surface area contributed by atoms with Gasteiger partial charge < -0.3 is 9.47 Å². The molecule has 0 N–H and O–H groups in total. The van der Waals surface area contributed by atoms with Crippen molar-refractivity contribution in [3.05, 3.63) is 88.7 Å². The van der Waals surface area contributed by atoms with Crippen LogP contribution in [0.4, 0.5) is 0 Å². The van der Waals surface area contributed by atoms with Crippen molar-refractivity contribution >= 4 is 10.8 Å². The average Bonchev–Trinajstić information content (AvgIpc) is 3.37. The van der Waals surface area contributed by atoms with E-state index in [0.717, 1.165) is 69.2 Å². The predicted octanol–water partition coefficient (Wildman–Crippen LogP) is 6.83. The molecule has 0 amide bonds. The first-order chi connectivity index (χ1) is 18.8. The van der Waals surface area contributed by atoms with E-state index < -0.39 is 0 Å². The van der Waals surface area contributed by atoms with E-state index >= 15 is 0 Å². The van der Waals surface area contributed by atoms with Gasteiger partial charge in [0.05, 0.1) is 24.6 Å². The molecule has 1 saturated heterocycles. The minimum Gasteiger partial charge on any atom is -0.492 e. The van der Waals surface area contributed by atoms with Gasteiger partial charge in [-0.15, -0.1) is 0 Å². The largest absolute Gasteiger partial charge is 0.492 e. The van der Waals surface area contributed by atoms with Crippen LogP contribution in [0.2, 0.25) is 0 Å². The number of nitrogens with zero attached hydrogens (tertiary/aromatic N) is 3. The second-order valence-corrected chi connectivity index (χ2v) is 11.9. The Morgan fingerprint density at radius 1 is 0.872 bits per heavy atom. The molecule has 0 aliphatic carbocycles. The van der Waals surface area contributed by atoms with Crippen molar-refractivity contribution in [2.24, 2.45) is 0 Å². The number of morpholine rings is 1. The van der Waals surface area contributed by atoms with Crippen LogP contribution < -0.4 is 4.74 Å². The maximum absolute atomic E-state index is 6.27. The number of aromatic nitrogens is 2. The summed E-state index contributed by atoms with van der Waals surface area (Å²) in [5.74, 6) is 0.977. The lowest BCUT2D eigenvalue weighted by Gasteiger charge is -2.26. The molecule has 0 bridgehead atoms. The van der Waals surface area contributed by atoms with Gasteiger partial charge in [0.15, 0.2) is 0 Å². The Hall–Kier alpha value is -3.15. The van der Waals surface area contributed by atoms with E-state index in [1.165, 1.54) is 33.2 Å². The Morgan fingerprint density at radius 2 is 1.64 bits per heavy atom. The van der Waals surface area contributed by atoms with Crippen LogP contribution in [0.15, 0.2) is 60.7 Å².